The molecule has 7 heteroatoms. The molecule has 0 radical (unpaired) electrons. The maximum absolute atomic E-state index is 11.9. The smallest absolute Gasteiger partial charge is 0.261 e. The number of carbonyl (C=O) groups is 1. The molecule has 0 atom stereocenters. The van der Waals surface area contributed by atoms with Gasteiger partial charge < -0.3 is 10.1 Å². The van der Waals surface area contributed by atoms with E-state index in [1.807, 2.05) is 6.07 Å². The van der Waals surface area contributed by atoms with Crippen molar-refractivity contribution in [2.45, 2.75) is 6.42 Å². The summed E-state index contributed by atoms with van der Waals surface area (Å²) in [6, 6.07) is 1.84. The van der Waals surface area contributed by atoms with Crippen molar-refractivity contribution in [1.29, 1.82) is 0 Å². The van der Waals surface area contributed by atoms with Gasteiger partial charge in [-0.05, 0) is 50.9 Å². The van der Waals surface area contributed by atoms with E-state index in [4.69, 9.17) is 4.74 Å². The van der Waals surface area contributed by atoms with Crippen LogP contribution < -0.4 is 5.32 Å². The van der Waals surface area contributed by atoms with E-state index in [-0.39, 0.29) is 5.91 Å². The molecule has 0 saturated carbocycles. The van der Waals surface area contributed by atoms with Gasteiger partial charge in [0.15, 0.2) is 0 Å². The van der Waals surface area contributed by atoms with E-state index in [1.165, 1.54) is 11.3 Å². The molecule has 4 nitrogen and oxygen atoms in total. The van der Waals surface area contributed by atoms with E-state index in [0.29, 0.717) is 6.54 Å². The van der Waals surface area contributed by atoms with Crippen LogP contribution in [-0.4, -0.2) is 50.2 Å². The van der Waals surface area contributed by atoms with Crippen LogP contribution in [0, 0.1) is 0 Å². The number of ether oxygens (including phenoxy) is 1. The van der Waals surface area contributed by atoms with Gasteiger partial charge in [0.05, 0.1) is 21.9 Å². The zero-order chi connectivity index (χ0) is 13.7. The molecule has 1 aromatic heterocycles. The number of amides is 1. The second kappa shape index (κ2) is 7.73. The SMILES string of the molecule is O=C(NCCCN1CCOCC1)c1cc(Br)c(Br)s1. The van der Waals surface area contributed by atoms with E-state index in [0.717, 1.165) is 52.4 Å². The molecule has 1 fully saturated rings. The van der Waals surface area contributed by atoms with E-state index in [2.05, 4.69) is 42.1 Å². The van der Waals surface area contributed by atoms with Gasteiger partial charge in [0.1, 0.15) is 0 Å². The highest BCUT2D eigenvalue weighted by molar-refractivity contribution is 9.13. The number of rotatable bonds is 5. The van der Waals surface area contributed by atoms with Gasteiger partial charge in [-0.25, -0.2) is 0 Å². The van der Waals surface area contributed by atoms with Crippen molar-refractivity contribution in [3.05, 3.63) is 19.2 Å². The van der Waals surface area contributed by atoms with Crippen molar-refractivity contribution >= 4 is 49.1 Å². The monoisotopic (exact) mass is 410 g/mol. The van der Waals surface area contributed by atoms with Gasteiger partial charge in [-0.15, -0.1) is 11.3 Å². The Hall–Kier alpha value is 0.0500. The number of nitrogens with zero attached hydrogens (tertiary/aromatic N) is 1. The third-order valence-corrected chi connectivity index (χ3v) is 6.16. The van der Waals surface area contributed by atoms with Crippen molar-refractivity contribution in [2.75, 3.05) is 39.4 Å². The Balaban J connectivity index is 1.66. The molecule has 1 N–H and O–H groups in total. The summed E-state index contributed by atoms with van der Waals surface area (Å²) in [5.74, 6) is -0.00150. The number of morpholine rings is 1. The third kappa shape index (κ3) is 4.82. The van der Waals surface area contributed by atoms with Crippen LogP contribution in [0.5, 0.6) is 0 Å². The fourth-order valence-corrected chi connectivity index (χ4v) is 3.83. The first-order chi connectivity index (χ1) is 9.16. The van der Waals surface area contributed by atoms with E-state index >= 15 is 0 Å². The summed E-state index contributed by atoms with van der Waals surface area (Å²) in [5.41, 5.74) is 0. The van der Waals surface area contributed by atoms with Gasteiger partial charge in [-0.1, -0.05) is 0 Å². The van der Waals surface area contributed by atoms with Crippen LogP contribution in [-0.2, 0) is 4.74 Å². The molecular weight excluding hydrogens is 396 g/mol. The highest BCUT2D eigenvalue weighted by Gasteiger charge is 2.12. The Morgan fingerprint density at radius 1 is 1.42 bits per heavy atom. The van der Waals surface area contributed by atoms with Crippen LogP contribution in [0.2, 0.25) is 0 Å². The Labute approximate surface area is 133 Å². The zero-order valence-corrected chi connectivity index (χ0v) is 14.4. The van der Waals surface area contributed by atoms with Gasteiger partial charge in [0.2, 0.25) is 0 Å². The average molecular weight is 412 g/mol. The number of hydrogen-bond acceptors (Lipinski definition) is 4. The van der Waals surface area contributed by atoms with Gasteiger partial charge in [-0.3, -0.25) is 9.69 Å². The fourth-order valence-electron chi connectivity index (χ4n) is 1.87. The van der Waals surface area contributed by atoms with Crippen molar-refractivity contribution in [3.63, 3.8) is 0 Å². The predicted molar refractivity (Wildman–Crippen MR) is 83.9 cm³/mol. The lowest BCUT2D eigenvalue weighted by molar-refractivity contribution is 0.0374. The molecule has 1 aromatic rings. The maximum atomic E-state index is 11.9. The van der Waals surface area contributed by atoms with E-state index in [1.54, 1.807) is 0 Å². The Bertz CT molecular complexity index is 414. The first-order valence-corrected chi connectivity index (χ1v) is 8.60. The van der Waals surface area contributed by atoms with Gasteiger partial charge in [0, 0.05) is 24.1 Å². The summed E-state index contributed by atoms with van der Waals surface area (Å²) in [6.07, 6.45) is 0.972. The minimum Gasteiger partial charge on any atom is -0.379 e. The largest absolute Gasteiger partial charge is 0.379 e. The molecule has 0 spiro atoms. The molecule has 2 heterocycles. The summed E-state index contributed by atoms with van der Waals surface area (Å²) in [6.45, 7) is 5.37. The second-order valence-corrected chi connectivity index (χ2v) is 7.52. The molecule has 1 saturated heterocycles. The Morgan fingerprint density at radius 2 is 2.16 bits per heavy atom. The summed E-state index contributed by atoms with van der Waals surface area (Å²) < 4.78 is 7.17. The lowest BCUT2D eigenvalue weighted by Crippen LogP contribution is -2.38. The molecule has 0 aliphatic carbocycles. The van der Waals surface area contributed by atoms with Gasteiger partial charge >= 0.3 is 0 Å². The van der Waals surface area contributed by atoms with Crippen molar-refractivity contribution in [1.82, 2.24) is 10.2 Å². The molecular formula is C12H16Br2N2O2S. The van der Waals surface area contributed by atoms with Crippen molar-refractivity contribution in [2.24, 2.45) is 0 Å². The number of thiophene rings is 1. The first kappa shape index (κ1) is 15.4. The summed E-state index contributed by atoms with van der Waals surface area (Å²) in [5, 5.41) is 2.95. The minimum atomic E-state index is -0.00150. The quantitative estimate of drug-likeness (QED) is 0.757. The van der Waals surface area contributed by atoms with Crippen LogP contribution in [0.25, 0.3) is 0 Å². The molecule has 19 heavy (non-hydrogen) atoms. The number of hydrogen-bond donors (Lipinski definition) is 1. The summed E-state index contributed by atoms with van der Waals surface area (Å²) in [7, 11) is 0. The molecule has 0 aromatic carbocycles. The van der Waals surface area contributed by atoms with Crippen LogP contribution in [0.15, 0.2) is 14.3 Å². The fraction of sp³-hybridized carbons (Fsp3) is 0.583. The molecule has 106 valence electrons. The van der Waals surface area contributed by atoms with Gasteiger partial charge in [-0.2, -0.15) is 0 Å². The van der Waals surface area contributed by atoms with Crippen LogP contribution in [0.1, 0.15) is 16.1 Å². The summed E-state index contributed by atoms with van der Waals surface area (Å²) in [4.78, 5) is 15.0. The average Bonchev–Trinajstić information content (AvgIpc) is 2.76. The summed E-state index contributed by atoms with van der Waals surface area (Å²) >= 11 is 8.21. The predicted octanol–water partition coefficient (Wildman–Crippen LogP) is 2.73. The molecule has 0 bridgehead atoms. The molecule has 1 aliphatic heterocycles. The third-order valence-electron chi connectivity index (χ3n) is 2.91. The zero-order valence-electron chi connectivity index (χ0n) is 10.5. The molecule has 2 rings (SSSR count). The van der Waals surface area contributed by atoms with Gasteiger partial charge in [0.25, 0.3) is 5.91 Å². The number of nitrogens with one attached hydrogen (secondary N) is 1. The normalized spacial score (nSPS) is 16.5. The molecule has 1 amide bonds. The standard InChI is InChI=1S/C12H16Br2N2O2S/c13-9-8-10(19-11(9)14)12(17)15-2-1-3-16-4-6-18-7-5-16/h8H,1-7H2,(H,15,17). The highest BCUT2D eigenvalue weighted by atomic mass is 79.9. The lowest BCUT2D eigenvalue weighted by Gasteiger charge is -2.26. The van der Waals surface area contributed by atoms with E-state index in [9.17, 15) is 4.79 Å². The number of halogens is 2. The molecule has 0 unspecified atom stereocenters. The number of carbonyl (C=O) groups excluding carboxylic acids is 1. The Kier molecular flexibility index (Phi) is 6.28. The Morgan fingerprint density at radius 3 is 2.79 bits per heavy atom. The minimum absolute atomic E-state index is 0.00150. The van der Waals surface area contributed by atoms with Crippen LogP contribution in [0.3, 0.4) is 0 Å². The van der Waals surface area contributed by atoms with Crippen molar-refractivity contribution in [3.8, 4) is 0 Å². The van der Waals surface area contributed by atoms with Crippen LogP contribution >= 0.6 is 43.2 Å². The lowest BCUT2D eigenvalue weighted by atomic mass is 10.3. The van der Waals surface area contributed by atoms with Crippen LogP contribution in [0.4, 0.5) is 0 Å². The highest BCUT2D eigenvalue weighted by Crippen LogP contribution is 2.32. The van der Waals surface area contributed by atoms with Crippen molar-refractivity contribution < 1.29 is 9.53 Å². The topological polar surface area (TPSA) is 41.6 Å². The maximum Gasteiger partial charge on any atom is 0.261 e. The molecule has 1 aliphatic rings. The first-order valence-electron chi connectivity index (χ1n) is 6.20. The second-order valence-electron chi connectivity index (χ2n) is 4.30. The van der Waals surface area contributed by atoms with E-state index < -0.39 is 0 Å².